The molecule has 2 fully saturated rings. The minimum absolute atomic E-state index is 0.0266. The Balaban J connectivity index is 1.16. The van der Waals surface area contributed by atoms with Crippen LogP contribution in [0.15, 0.2) is 60.7 Å². The van der Waals surface area contributed by atoms with Crippen LogP contribution in [0.25, 0.3) is 10.8 Å². The van der Waals surface area contributed by atoms with Crippen molar-refractivity contribution in [3.63, 3.8) is 0 Å². The van der Waals surface area contributed by atoms with Gasteiger partial charge in [0.15, 0.2) is 0 Å². The van der Waals surface area contributed by atoms with Crippen LogP contribution in [-0.4, -0.2) is 90.7 Å². The molecule has 2 aliphatic heterocycles. The summed E-state index contributed by atoms with van der Waals surface area (Å²) in [5.41, 5.74) is 1.47. The molecule has 238 valence electrons. The molecule has 1 atom stereocenters. The van der Waals surface area contributed by atoms with Gasteiger partial charge in [0.05, 0.1) is 11.6 Å². The molecule has 5 rings (SSSR count). The number of nitrogens with one attached hydrogen (secondary N) is 1. The Morgan fingerprint density at radius 3 is 2.44 bits per heavy atom. The molecule has 0 aromatic heterocycles. The van der Waals surface area contributed by atoms with Gasteiger partial charge in [-0.25, -0.2) is 9.18 Å². The Morgan fingerprint density at radius 1 is 1.09 bits per heavy atom. The van der Waals surface area contributed by atoms with E-state index in [1.807, 2.05) is 57.2 Å². The Kier molecular flexibility index (Phi) is 10.1. The number of benzene rings is 3. The third-order valence-electron chi connectivity index (χ3n) is 8.90. The maximum Gasteiger partial charge on any atom is 0.407 e. The summed E-state index contributed by atoms with van der Waals surface area (Å²) in [4.78, 5) is 32.6. The molecule has 3 aromatic rings. The highest BCUT2D eigenvalue weighted by Crippen LogP contribution is 2.27. The summed E-state index contributed by atoms with van der Waals surface area (Å²) in [6.07, 6.45) is 2.31. The standard InChI is InChI=1S/C36H44FN5O3/c1-36(2,3)45-35(44)39-30-14-17-42(18-15-30)31-23-41(24-31)16-13-28(26-9-11-29(37)12-10-26)22-40(4)34(43)33-20-25(21-38)19-27-7-5-6-8-32(27)33/h5-12,19-20,28,30-31H,13-18,22-24H2,1-4H3,(H,39,44)/t28-/m1/s1. The molecule has 0 spiro atoms. The molecule has 2 heterocycles. The number of nitrogens with zero attached hydrogens (tertiary/aromatic N) is 4. The maximum absolute atomic E-state index is 13.8. The summed E-state index contributed by atoms with van der Waals surface area (Å²) in [7, 11) is 1.80. The summed E-state index contributed by atoms with van der Waals surface area (Å²) in [5, 5.41) is 14.3. The first-order valence-corrected chi connectivity index (χ1v) is 15.9. The van der Waals surface area contributed by atoms with E-state index in [1.165, 1.54) is 12.1 Å². The fraction of sp³-hybridized carbons (Fsp3) is 0.472. The molecule has 0 radical (unpaired) electrons. The quantitative estimate of drug-likeness (QED) is 0.330. The van der Waals surface area contributed by atoms with Gasteiger partial charge in [0.25, 0.3) is 5.91 Å². The number of piperidine rings is 1. The number of carbonyl (C=O) groups is 2. The van der Waals surface area contributed by atoms with Gasteiger partial charge in [-0.05, 0) is 87.2 Å². The van der Waals surface area contributed by atoms with E-state index in [9.17, 15) is 19.2 Å². The predicted molar refractivity (Wildman–Crippen MR) is 174 cm³/mol. The van der Waals surface area contributed by atoms with Gasteiger partial charge in [-0.1, -0.05) is 36.4 Å². The van der Waals surface area contributed by atoms with Crippen LogP contribution in [0.1, 0.15) is 67.4 Å². The van der Waals surface area contributed by atoms with Gasteiger partial charge in [-0.15, -0.1) is 0 Å². The summed E-state index contributed by atoms with van der Waals surface area (Å²) in [6.45, 7) is 10.8. The average molecular weight is 614 g/mol. The monoisotopic (exact) mass is 613 g/mol. The van der Waals surface area contributed by atoms with Gasteiger partial charge in [0.2, 0.25) is 0 Å². The van der Waals surface area contributed by atoms with Crippen molar-refractivity contribution in [2.24, 2.45) is 0 Å². The molecular weight excluding hydrogens is 569 g/mol. The van der Waals surface area contributed by atoms with E-state index in [2.05, 4.69) is 21.2 Å². The fourth-order valence-corrected chi connectivity index (χ4v) is 6.45. The largest absolute Gasteiger partial charge is 0.444 e. The Labute approximate surface area is 265 Å². The highest BCUT2D eigenvalue weighted by Gasteiger charge is 2.35. The molecule has 9 heteroatoms. The average Bonchev–Trinajstić information content (AvgIpc) is 2.98. The lowest BCUT2D eigenvalue weighted by atomic mass is 9.93. The SMILES string of the molecule is CN(C[C@@H](CCN1CC(N2CCC(NC(=O)OC(C)(C)C)CC2)C1)c1ccc(F)cc1)C(=O)c1cc(C#N)cc2ccccc12. The summed E-state index contributed by atoms with van der Waals surface area (Å²) < 4.78 is 19.2. The fourth-order valence-electron chi connectivity index (χ4n) is 6.45. The zero-order valence-corrected chi connectivity index (χ0v) is 26.8. The van der Waals surface area contributed by atoms with Crippen LogP contribution in [0, 0.1) is 17.1 Å². The molecule has 2 amide bonds. The number of hydrogen-bond acceptors (Lipinski definition) is 6. The molecular formula is C36H44FN5O3. The van der Waals surface area contributed by atoms with Crippen LogP contribution in [0.2, 0.25) is 0 Å². The molecule has 3 aromatic carbocycles. The lowest BCUT2D eigenvalue weighted by molar-refractivity contribution is 0.0136. The van der Waals surface area contributed by atoms with Gasteiger partial charge in [0.1, 0.15) is 11.4 Å². The van der Waals surface area contributed by atoms with Crippen LogP contribution in [0.5, 0.6) is 0 Å². The van der Waals surface area contributed by atoms with E-state index in [0.717, 1.165) is 68.3 Å². The highest BCUT2D eigenvalue weighted by atomic mass is 19.1. The predicted octanol–water partition coefficient (Wildman–Crippen LogP) is 5.77. The Hall–Kier alpha value is -4.00. The van der Waals surface area contributed by atoms with E-state index in [4.69, 9.17) is 4.74 Å². The normalized spacial score (nSPS) is 17.3. The van der Waals surface area contributed by atoms with E-state index in [1.54, 1.807) is 24.1 Å². The number of likely N-dealkylation sites (N-methyl/N-ethyl adjacent to an activating group) is 1. The van der Waals surface area contributed by atoms with Crippen LogP contribution < -0.4 is 5.32 Å². The molecule has 2 saturated heterocycles. The Bertz CT molecular complexity index is 1530. The van der Waals surface area contributed by atoms with Crippen LogP contribution in [0.4, 0.5) is 9.18 Å². The van der Waals surface area contributed by atoms with Gasteiger partial charge in [-0.2, -0.15) is 5.26 Å². The van der Waals surface area contributed by atoms with Crippen LogP contribution in [0.3, 0.4) is 0 Å². The number of alkyl carbamates (subject to hydrolysis) is 1. The number of fused-ring (bicyclic) bond motifs is 1. The number of halogens is 1. The van der Waals surface area contributed by atoms with Crippen LogP contribution in [-0.2, 0) is 4.74 Å². The smallest absolute Gasteiger partial charge is 0.407 e. The zero-order valence-electron chi connectivity index (χ0n) is 26.8. The first-order valence-electron chi connectivity index (χ1n) is 15.9. The Morgan fingerprint density at radius 2 is 1.78 bits per heavy atom. The number of hydrogen-bond donors (Lipinski definition) is 1. The maximum atomic E-state index is 13.8. The van der Waals surface area contributed by atoms with E-state index in [-0.39, 0.29) is 29.8 Å². The second-order valence-corrected chi connectivity index (χ2v) is 13.4. The molecule has 0 saturated carbocycles. The second kappa shape index (κ2) is 14.0. The van der Waals surface area contributed by atoms with Crippen molar-refractivity contribution in [2.45, 2.75) is 63.6 Å². The van der Waals surface area contributed by atoms with Gasteiger partial charge >= 0.3 is 6.09 Å². The van der Waals surface area contributed by atoms with E-state index >= 15 is 0 Å². The molecule has 0 bridgehead atoms. The molecule has 45 heavy (non-hydrogen) atoms. The highest BCUT2D eigenvalue weighted by molar-refractivity contribution is 6.07. The molecule has 2 aliphatic rings. The van der Waals surface area contributed by atoms with Gasteiger partial charge in [0, 0.05) is 63.3 Å². The first-order chi connectivity index (χ1) is 21.5. The number of amides is 2. The molecule has 0 unspecified atom stereocenters. The summed E-state index contributed by atoms with van der Waals surface area (Å²) >= 11 is 0. The minimum atomic E-state index is -0.500. The van der Waals surface area contributed by atoms with Crippen molar-refractivity contribution in [1.82, 2.24) is 20.0 Å². The second-order valence-electron chi connectivity index (χ2n) is 13.4. The lowest BCUT2D eigenvalue weighted by Crippen LogP contribution is -2.61. The van der Waals surface area contributed by atoms with E-state index < -0.39 is 5.60 Å². The topological polar surface area (TPSA) is 88.9 Å². The third-order valence-corrected chi connectivity index (χ3v) is 8.90. The van der Waals surface area contributed by atoms with Crippen molar-refractivity contribution in [2.75, 3.05) is 46.3 Å². The number of nitriles is 1. The number of ether oxygens (including phenoxy) is 1. The molecule has 8 nitrogen and oxygen atoms in total. The van der Waals surface area contributed by atoms with Crippen molar-refractivity contribution in [3.05, 3.63) is 83.2 Å². The lowest BCUT2D eigenvalue weighted by Gasteiger charge is -2.48. The summed E-state index contributed by atoms with van der Waals surface area (Å²) in [5.74, 6) is -0.389. The van der Waals surface area contributed by atoms with Crippen molar-refractivity contribution in [1.29, 1.82) is 5.26 Å². The number of rotatable bonds is 9. The van der Waals surface area contributed by atoms with E-state index in [0.29, 0.717) is 23.7 Å². The third kappa shape index (κ3) is 8.38. The molecule has 0 aliphatic carbocycles. The van der Waals surface area contributed by atoms with Gasteiger partial charge < -0.3 is 19.9 Å². The molecule has 1 N–H and O–H groups in total. The first kappa shape index (κ1) is 32.4. The summed E-state index contributed by atoms with van der Waals surface area (Å²) in [6, 6.07) is 20.5. The minimum Gasteiger partial charge on any atom is -0.444 e. The number of likely N-dealkylation sites (tertiary alicyclic amines) is 2. The van der Waals surface area contributed by atoms with Crippen molar-refractivity contribution < 1.29 is 18.7 Å². The van der Waals surface area contributed by atoms with Gasteiger partial charge in [-0.3, -0.25) is 9.69 Å². The zero-order chi connectivity index (χ0) is 32.1. The number of carbonyl (C=O) groups excluding carboxylic acids is 2. The van der Waals surface area contributed by atoms with Crippen molar-refractivity contribution >= 4 is 22.8 Å². The van der Waals surface area contributed by atoms with Crippen LogP contribution >= 0.6 is 0 Å². The van der Waals surface area contributed by atoms with Crippen molar-refractivity contribution in [3.8, 4) is 6.07 Å².